The lowest BCUT2D eigenvalue weighted by Crippen LogP contribution is -2.14. The zero-order valence-corrected chi connectivity index (χ0v) is 37.6. The Bertz CT molecular complexity index is 4170. The standard InChI is InChI=1S/C60H37N3OS2/c1-60(2)46-24-6-3-17-40(46)53-37(19-11-25-47(53)60)36-15-9-14-34(32-36)35-30-31-48-45(33-35)54-42(21-12-26-49(54)64-48)57-61-58(43-22-13-29-52-55(43)41-18-5-8-28-51(41)65-52)63-59(62-57)44-23-10-20-39-38-16-4-7-27-50(38)66-56(39)44/h3-33H,1-2H3. The predicted molar refractivity (Wildman–Crippen MR) is 278 cm³/mol. The summed E-state index contributed by atoms with van der Waals surface area (Å²) < 4.78 is 11.5. The van der Waals surface area contributed by atoms with Crippen LogP contribution in [0.4, 0.5) is 0 Å². The second-order valence-corrected chi connectivity index (χ2v) is 20.0. The summed E-state index contributed by atoms with van der Waals surface area (Å²) in [7, 11) is 0. The van der Waals surface area contributed by atoms with E-state index in [9.17, 15) is 0 Å². The predicted octanol–water partition coefficient (Wildman–Crippen LogP) is 17.1. The summed E-state index contributed by atoms with van der Waals surface area (Å²) in [5, 5.41) is 6.80. The zero-order valence-electron chi connectivity index (χ0n) is 36.0. The second-order valence-electron chi connectivity index (χ2n) is 17.8. The SMILES string of the molecule is CC1(C)c2ccccc2-c2c(-c3cccc(-c4ccc5oc6cccc(-c7nc(-c8cccc9c8sc8ccccc89)nc(-c8cccc9sc%10ccccc%10c89)n7)c6c5c4)c3)cccc21. The average Bonchev–Trinajstić information content (AvgIpc) is 4.12. The molecule has 14 rings (SSSR count). The minimum atomic E-state index is -0.0672. The molecule has 0 unspecified atom stereocenters. The van der Waals surface area contributed by atoms with E-state index in [2.05, 4.69) is 190 Å². The van der Waals surface area contributed by atoms with Gasteiger partial charge in [0, 0.05) is 73.2 Å². The molecule has 0 atom stereocenters. The maximum absolute atomic E-state index is 6.65. The van der Waals surface area contributed by atoms with Gasteiger partial charge in [0.05, 0.1) is 0 Å². The van der Waals surface area contributed by atoms with Crippen molar-refractivity contribution in [2.45, 2.75) is 19.3 Å². The van der Waals surface area contributed by atoms with Gasteiger partial charge in [-0.1, -0.05) is 153 Å². The van der Waals surface area contributed by atoms with Gasteiger partial charge in [0.15, 0.2) is 17.5 Å². The van der Waals surface area contributed by atoms with E-state index in [1.807, 2.05) is 12.1 Å². The van der Waals surface area contributed by atoms with Crippen LogP contribution >= 0.6 is 22.7 Å². The molecule has 13 aromatic rings. The average molecular weight is 880 g/mol. The van der Waals surface area contributed by atoms with Crippen molar-refractivity contribution in [1.29, 1.82) is 0 Å². The van der Waals surface area contributed by atoms with Gasteiger partial charge in [0.2, 0.25) is 0 Å². The molecule has 1 aliphatic carbocycles. The number of fused-ring (bicyclic) bond motifs is 12. The molecule has 0 spiro atoms. The number of aromatic nitrogens is 3. The molecule has 4 nitrogen and oxygen atoms in total. The number of hydrogen-bond donors (Lipinski definition) is 0. The lowest BCUT2D eigenvalue weighted by Gasteiger charge is -2.21. The van der Waals surface area contributed by atoms with Crippen LogP contribution < -0.4 is 0 Å². The molecule has 0 amide bonds. The van der Waals surface area contributed by atoms with Crippen LogP contribution in [0.15, 0.2) is 192 Å². The van der Waals surface area contributed by atoms with Gasteiger partial charge >= 0.3 is 0 Å². The molecule has 1 aliphatic rings. The smallest absolute Gasteiger partial charge is 0.165 e. The minimum absolute atomic E-state index is 0.0672. The number of nitrogens with zero attached hydrogens (tertiary/aromatic N) is 3. The summed E-state index contributed by atoms with van der Waals surface area (Å²) in [6, 6.07) is 67.6. The third-order valence-electron chi connectivity index (χ3n) is 13.8. The number of rotatable bonds is 5. The molecule has 4 heterocycles. The van der Waals surface area contributed by atoms with Crippen LogP contribution in [0.5, 0.6) is 0 Å². The molecule has 0 N–H and O–H groups in total. The quantitative estimate of drug-likeness (QED) is 0.173. The van der Waals surface area contributed by atoms with Crippen molar-refractivity contribution in [3.05, 3.63) is 199 Å². The van der Waals surface area contributed by atoms with Crippen molar-refractivity contribution in [1.82, 2.24) is 15.0 Å². The zero-order chi connectivity index (χ0) is 43.7. The van der Waals surface area contributed by atoms with Crippen LogP contribution in [-0.4, -0.2) is 15.0 Å². The van der Waals surface area contributed by atoms with Gasteiger partial charge in [-0.25, -0.2) is 15.0 Å². The monoisotopic (exact) mass is 879 g/mol. The second kappa shape index (κ2) is 14.1. The first-order valence-corrected chi connectivity index (χ1v) is 24.0. The van der Waals surface area contributed by atoms with Crippen molar-refractivity contribution in [3.63, 3.8) is 0 Å². The van der Waals surface area contributed by atoms with Gasteiger partial charge in [0.1, 0.15) is 11.2 Å². The summed E-state index contributed by atoms with van der Waals surface area (Å²) in [5.74, 6) is 1.89. The summed E-state index contributed by atoms with van der Waals surface area (Å²) in [6.45, 7) is 4.68. The highest BCUT2D eigenvalue weighted by Gasteiger charge is 2.36. The van der Waals surface area contributed by atoms with Crippen molar-refractivity contribution < 1.29 is 4.42 Å². The minimum Gasteiger partial charge on any atom is -0.456 e. The summed E-state index contributed by atoms with van der Waals surface area (Å²) in [5.41, 5.74) is 14.5. The summed E-state index contributed by atoms with van der Waals surface area (Å²) in [6.07, 6.45) is 0. The Hall–Kier alpha value is -7.77. The molecule has 0 aliphatic heterocycles. The molecule has 310 valence electrons. The van der Waals surface area contributed by atoms with Crippen molar-refractivity contribution in [2.24, 2.45) is 0 Å². The van der Waals surface area contributed by atoms with E-state index < -0.39 is 0 Å². The van der Waals surface area contributed by atoms with E-state index in [0.29, 0.717) is 17.5 Å². The topological polar surface area (TPSA) is 51.8 Å². The van der Waals surface area contributed by atoms with Gasteiger partial charge < -0.3 is 4.42 Å². The maximum Gasteiger partial charge on any atom is 0.165 e. The highest BCUT2D eigenvalue weighted by atomic mass is 32.1. The van der Waals surface area contributed by atoms with E-state index in [1.165, 1.54) is 63.6 Å². The first kappa shape index (κ1) is 37.6. The van der Waals surface area contributed by atoms with Gasteiger partial charge in [0.25, 0.3) is 0 Å². The van der Waals surface area contributed by atoms with E-state index in [-0.39, 0.29) is 5.41 Å². The van der Waals surface area contributed by atoms with E-state index in [0.717, 1.165) is 59.8 Å². The summed E-state index contributed by atoms with van der Waals surface area (Å²) >= 11 is 3.59. The normalized spacial score (nSPS) is 13.1. The summed E-state index contributed by atoms with van der Waals surface area (Å²) in [4.78, 5) is 16.2. The first-order valence-electron chi connectivity index (χ1n) is 22.3. The molecule has 0 fully saturated rings. The van der Waals surface area contributed by atoms with E-state index >= 15 is 0 Å². The van der Waals surface area contributed by atoms with Crippen LogP contribution in [0.25, 0.3) is 130 Å². The molecule has 6 heteroatoms. The van der Waals surface area contributed by atoms with Crippen LogP contribution in [0, 0.1) is 0 Å². The maximum atomic E-state index is 6.65. The molecule has 66 heavy (non-hydrogen) atoms. The number of benzene rings is 9. The van der Waals surface area contributed by atoms with Crippen molar-refractivity contribution in [3.8, 4) is 67.5 Å². The molecule has 0 saturated carbocycles. The Kier molecular flexibility index (Phi) is 8.04. The van der Waals surface area contributed by atoms with Crippen LogP contribution in [0.1, 0.15) is 25.0 Å². The lowest BCUT2D eigenvalue weighted by molar-refractivity contribution is 0.660. The van der Waals surface area contributed by atoms with Gasteiger partial charge in [-0.2, -0.15) is 0 Å². The molecule has 9 aromatic carbocycles. The molecule has 0 saturated heterocycles. The molecule has 0 radical (unpaired) electrons. The van der Waals surface area contributed by atoms with E-state index in [4.69, 9.17) is 19.4 Å². The van der Waals surface area contributed by atoms with Gasteiger partial charge in [-0.15, -0.1) is 22.7 Å². The van der Waals surface area contributed by atoms with Crippen LogP contribution in [0.2, 0.25) is 0 Å². The third kappa shape index (κ3) is 5.52. The Morgan fingerprint density at radius 2 is 0.955 bits per heavy atom. The Balaban J connectivity index is 0.967. The van der Waals surface area contributed by atoms with Crippen LogP contribution in [0.3, 0.4) is 0 Å². The number of furan rings is 1. The number of hydrogen-bond acceptors (Lipinski definition) is 6. The molecular weight excluding hydrogens is 843 g/mol. The molecule has 4 aromatic heterocycles. The third-order valence-corrected chi connectivity index (χ3v) is 16.1. The number of thiophene rings is 2. The highest BCUT2D eigenvalue weighted by Crippen LogP contribution is 2.52. The highest BCUT2D eigenvalue weighted by molar-refractivity contribution is 7.26. The van der Waals surface area contributed by atoms with Gasteiger partial charge in [-0.05, 0) is 93.0 Å². The lowest BCUT2D eigenvalue weighted by atomic mass is 9.82. The largest absolute Gasteiger partial charge is 0.456 e. The Morgan fingerprint density at radius 3 is 1.82 bits per heavy atom. The first-order chi connectivity index (χ1) is 32.5. The van der Waals surface area contributed by atoms with Crippen LogP contribution in [-0.2, 0) is 5.41 Å². The van der Waals surface area contributed by atoms with Crippen molar-refractivity contribution >= 4 is 85.0 Å². The Morgan fingerprint density at radius 1 is 0.379 bits per heavy atom. The molecular formula is C60H37N3OS2. The fourth-order valence-electron chi connectivity index (χ4n) is 10.7. The molecule has 0 bridgehead atoms. The fourth-order valence-corrected chi connectivity index (χ4v) is 13.0. The Labute approximate surface area is 388 Å². The van der Waals surface area contributed by atoms with Gasteiger partial charge in [-0.3, -0.25) is 0 Å². The van der Waals surface area contributed by atoms with E-state index in [1.54, 1.807) is 22.7 Å². The fraction of sp³-hybridized carbons (Fsp3) is 0.0500. The van der Waals surface area contributed by atoms with Crippen molar-refractivity contribution in [2.75, 3.05) is 0 Å².